The van der Waals surface area contributed by atoms with E-state index in [1.807, 2.05) is 44.0 Å². The number of aromatic nitrogens is 5. The number of aryl methyl sites for hydroxylation is 1. The minimum absolute atomic E-state index is 0.905. The van der Waals surface area contributed by atoms with E-state index in [4.69, 9.17) is 4.98 Å². The highest BCUT2D eigenvalue weighted by Crippen LogP contribution is 2.28. The summed E-state index contributed by atoms with van der Waals surface area (Å²) in [6.45, 7) is 3.97. The molecule has 0 amide bonds. The van der Waals surface area contributed by atoms with E-state index in [0.29, 0.717) is 0 Å². The van der Waals surface area contributed by atoms with E-state index in [1.165, 1.54) is 0 Å². The van der Waals surface area contributed by atoms with Crippen LogP contribution in [-0.4, -0.2) is 50.9 Å². The van der Waals surface area contributed by atoms with Crippen LogP contribution in [-0.2, 0) is 7.05 Å². The zero-order valence-corrected chi connectivity index (χ0v) is 15.7. The van der Waals surface area contributed by atoms with Crippen molar-refractivity contribution in [2.45, 2.75) is 0 Å². The summed E-state index contributed by atoms with van der Waals surface area (Å²) in [5.41, 5.74) is 4.73. The molecule has 140 valence electrons. The van der Waals surface area contributed by atoms with Crippen molar-refractivity contribution >= 4 is 16.7 Å². The Morgan fingerprint density at radius 3 is 2.57 bits per heavy atom. The van der Waals surface area contributed by atoms with Crippen LogP contribution in [0.25, 0.3) is 33.4 Å². The average Bonchev–Trinajstić information content (AvgIpc) is 3.20. The molecule has 5 heterocycles. The van der Waals surface area contributed by atoms with Gasteiger partial charge in [0.25, 0.3) is 0 Å². The molecule has 0 bridgehead atoms. The van der Waals surface area contributed by atoms with Gasteiger partial charge in [0.1, 0.15) is 5.82 Å². The predicted octanol–water partition coefficient (Wildman–Crippen LogP) is 2.50. The molecule has 1 fully saturated rings. The molecule has 0 aliphatic carbocycles. The Bertz CT molecular complexity index is 1110. The number of hydrogen-bond acceptors (Lipinski definition) is 6. The quantitative estimate of drug-likeness (QED) is 0.597. The van der Waals surface area contributed by atoms with Gasteiger partial charge in [-0.1, -0.05) is 0 Å². The van der Waals surface area contributed by atoms with E-state index < -0.39 is 0 Å². The summed E-state index contributed by atoms with van der Waals surface area (Å²) < 4.78 is 1.78. The smallest absolute Gasteiger partial charge is 0.128 e. The monoisotopic (exact) mass is 371 g/mol. The van der Waals surface area contributed by atoms with Gasteiger partial charge in [0, 0.05) is 68.3 Å². The maximum atomic E-state index is 4.81. The van der Waals surface area contributed by atoms with Gasteiger partial charge in [-0.05, 0) is 30.3 Å². The van der Waals surface area contributed by atoms with Gasteiger partial charge in [-0.3, -0.25) is 9.67 Å². The Labute approximate surface area is 163 Å². The molecule has 1 aliphatic heterocycles. The van der Waals surface area contributed by atoms with Gasteiger partial charge in [-0.25, -0.2) is 9.97 Å². The number of fused-ring (bicyclic) bond motifs is 1. The van der Waals surface area contributed by atoms with Crippen molar-refractivity contribution < 1.29 is 0 Å². The molecule has 4 aromatic rings. The highest BCUT2D eigenvalue weighted by molar-refractivity contribution is 5.93. The lowest BCUT2D eigenvalue weighted by Gasteiger charge is -2.28. The molecular formula is C21H21N7. The van der Waals surface area contributed by atoms with E-state index in [-0.39, 0.29) is 0 Å². The first-order valence-corrected chi connectivity index (χ1v) is 9.45. The fourth-order valence-corrected chi connectivity index (χ4v) is 3.61. The largest absolute Gasteiger partial charge is 0.354 e. The number of nitrogens with zero attached hydrogens (tertiary/aromatic N) is 6. The highest BCUT2D eigenvalue weighted by Gasteiger charge is 2.13. The Hall–Kier alpha value is -3.32. The maximum absolute atomic E-state index is 4.81. The van der Waals surface area contributed by atoms with Crippen LogP contribution in [0.1, 0.15) is 0 Å². The van der Waals surface area contributed by atoms with Gasteiger partial charge in [0.15, 0.2) is 0 Å². The lowest BCUT2D eigenvalue weighted by atomic mass is 10.1. The van der Waals surface area contributed by atoms with Crippen LogP contribution in [0.5, 0.6) is 0 Å². The molecule has 1 aliphatic rings. The Kier molecular flexibility index (Phi) is 4.21. The van der Waals surface area contributed by atoms with Gasteiger partial charge in [-0.2, -0.15) is 5.10 Å². The minimum atomic E-state index is 0.905. The molecule has 0 radical (unpaired) electrons. The Morgan fingerprint density at radius 2 is 1.82 bits per heavy atom. The molecule has 0 unspecified atom stereocenters. The zero-order valence-electron chi connectivity index (χ0n) is 15.7. The second kappa shape index (κ2) is 7.01. The van der Waals surface area contributed by atoms with Crippen molar-refractivity contribution in [3.8, 4) is 22.5 Å². The molecule has 28 heavy (non-hydrogen) atoms. The van der Waals surface area contributed by atoms with Crippen molar-refractivity contribution in [3.63, 3.8) is 0 Å². The van der Waals surface area contributed by atoms with Gasteiger partial charge < -0.3 is 10.2 Å². The molecule has 0 atom stereocenters. The third-order valence-electron chi connectivity index (χ3n) is 5.08. The zero-order chi connectivity index (χ0) is 18.9. The molecule has 1 saturated heterocycles. The first-order chi connectivity index (χ1) is 13.8. The van der Waals surface area contributed by atoms with Crippen LogP contribution in [0, 0.1) is 0 Å². The van der Waals surface area contributed by atoms with Crippen LogP contribution < -0.4 is 10.2 Å². The van der Waals surface area contributed by atoms with E-state index in [1.54, 1.807) is 4.68 Å². The van der Waals surface area contributed by atoms with E-state index in [0.717, 1.165) is 65.4 Å². The number of nitrogens with one attached hydrogen (secondary N) is 1. The maximum Gasteiger partial charge on any atom is 0.128 e. The molecule has 4 aromatic heterocycles. The summed E-state index contributed by atoms with van der Waals surface area (Å²) in [5, 5.41) is 8.62. The summed E-state index contributed by atoms with van der Waals surface area (Å²) >= 11 is 0. The van der Waals surface area contributed by atoms with Gasteiger partial charge in [-0.15, -0.1) is 0 Å². The topological polar surface area (TPSA) is 71.8 Å². The van der Waals surface area contributed by atoms with Crippen molar-refractivity contribution in [1.82, 2.24) is 30.0 Å². The Balaban J connectivity index is 1.50. The number of anilines is 1. The third-order valence-corrected chi connectivity index (χ3v) is 5.08. The fraction of sp³-hybridized carbons (Fsp3) is 0.238. The second-order valence-corrected chi connectivity index (χ2v) is 6.97. The van der Waals surface area contributed by atoms with Gasteiger partial charge in [0.2, 0.25) is 0 Å². The van der Waals surface area contributed by atoms with Crippen molar-refractivity contribution in [2.75, 3.05) is 31.1 Å². The molecule has 0 saturated carbocycles. The summed E-state index contributed by atoms with van der Waals surface area (Å²) in [6.07, 6.45) is 7.51. The van der Waals surface area contributed by atoms with E-state index >= 15 is 0 Å². The lowest BCUT2D eigenvalue weighted by molar-refractivity contribution is 0.585. The predicted molar refractivity (Wildman–Crippen MR) is 110 cm³/mol. The standard InChI is InChI=1S/C21H21N7/c1-27-14-16(13-25-27)18-4-3-17-19(26-18)6-7-23-21(17)15-2-5-20(24-12-15)28-10-8-22-9-11-28/h2-7,12-14,22H,8-11H2,1H3. The highest BCUT2D eigenvalue weighted by atomic mass is 15.2. The minimum Gasteiger partial charge on any atom is -0.354 e. The molecule has 5 rings (SSSR count). The Morgan fingerprint density at radius 1 is 0.929 bits per heavy atom. The second-order valence-electron chi connectivity index (χ2n) is 6.97. The van der Waals surface area contributed by atoms with Crippen molar-refractivity contribution in [3.05, 3.63) is 55.1 Å². The first kappa shape index (κ1) is 16.8. The van der Waals surface area contributed by atoms with Gasteiger partial charge in [0.05, 0.1) is 23.1 Å². The first-order valence-electron chi connectivity index (χ1n) is 9.45. The van der Waals surface area contributed by atoms with Crippen LogP contribution >= 0.6 is 0 Å². The van der Waals surface area contributed by atoms with Crippen LogP contribution in [0.4, 0.5) is 5.82 Å². The molecule has 7 heteroatoms. The molecule has 0 spiro atoms. The summed E-state index contributed by atoms with van der Waals surface area (Å²) in [5.74, 6) is 1.02. The van der Waals surface area contributed by atoms with Crippen molar-refractivity contribution in [1.29, 1.82) is 0 Å². The van der Waals surface area contributed by atoms with E-state index in [2.05, 4.69) is 43.5 Å². The fourth-order valence-electron chi connectivity index (χ4n) is 3.61. The summed E-state index contributed by atoms with van der Waals surface area (Å²) in [6, 6.07) is 10.2. The van der Waals surface area contributed by atoms with Crippen LogP contribution in [0.15, 0.2) is 55.1 Å². The molecule has 7 nitrogen and oxygen atoms in total. The normalized spacial score (nSPS) is 14.5. The van der Waals surface area contributed by atoms with Crippen LogP contribution in [0.2, 0.25) is 0 Å². The number of hydrogen-bond donors (Lipinski definition) is 1. The summed E-state index contributed by atoms with van der Waals surface area (Å²) in [7, 11) is 1.91. The number of pyridine rings is 3. The molecule has 0 aromatic carbocycles. The summed E-state index contributed by atoms with van der Waals surface area (Å²) in [4.78, 5) is 16.4. The van der Waals surface area contributed by atoms with E-state index in [9.17, 15) is 0 Å². The molecular weight excluding hydrogens is 350 g/mol. The number of piperazine rings is 1. The average molecular weight is 371 g/mol. The van der Waals surface area contributed by atoms with Crippen LogP contribution in [0.3, 0.4) is 0 Å². The number of rotatable bonds is 3. The van der Waals surface area contributed by atoms with Gasteiger partial charge >= 0.3 is 0 Å². The third kappa shape index (κ3) is 3.10. The SMILES string of the molecule is Cn1cc(-c2ccc3c(-c4ccc(N5CCNCC5)nc4)nccc3n2)cn1. The van der Waals surface area contributed by atoms with Crippen molar-refractivity contribution in [2.24, 2.45) is 7.05 Å². The molecule has 1 N–H and O–H groups in total. The lowest BCUT2D eigenvalue weighted by Crippen LogP contribution is -2.43.